The van der Waals surface area contributed by atoms with E-state index in [0.29, 0.717) is 27.5 Å². The maximum absolute atomic E-state index is 10.3. The van der Waals surface area contributed by atoms with Crippen LogP contribution in [0.25, 0.3) is 116 Å². The largest absolute Gasteiger partial charge is 0.309 e. The Balaban J connectivity index is 1.16. The monoisotopic (exact) mass is 818 g/mol. The number of aromatic nitrogens is 3. The molecule has 0 unspecified atom stereocenters. The molecule has 0 N–H and O–H groups in total. The van der Waals surface area contributed by atoms with Crippen LogP contribution in [-0.4, -0.2) is 13.7 Å². The van der Waals surface area contributed by atoms with Gasteiger partial charge in [-0.25, -0.2) is 0 Å². The van der Waals surface area contributed by atoms with Crippen LogP contribution >= 0.6 is 0 Å². The van der Waals surface area contributed by atoms with E-state index in [-0.39, 0.29) is 5.69 Å². The van der Waals surface area contributed by atoms with Crippen LogP contribution in [0.5, 0.6) is 0 Å². The highest BCUT2D eigenvalue weighted by Crippen LogP contribution is 2.42. The molecule has 10 aromatic carbocycles. The number of hydrogen-bond donors (Lipinski definition) is 0. The van der Waals surface area contributed by atoms with E-state index < -0.39 is 136 Å². The molecular weight excluding hydrogens is 763 g/mol. The fourth-order valence-electron chi connectivity index (χ4n) is 9.15. The standard InChI is InChI=1S/C60H39N3/c1-3-17-40(18-4-1)42-21-15-22-43(35-42)45-36-44(41-19-5-2-6-20-41)37-47(38-45)62-56-30-14-10-26-52(56)60-57(62)31-16-32-58(60)63-55-29-13-9-25-50(55)51-34-33-46(39-59(51)63)61-53-27-11-7-23-48(53)49-24-8-12-28-54(49)61/h1-39H/i1D,2D,3D,4D,5D,6D,15D,17D,18D,19D,20D,21D,22D,35D,36D,37D,38D. The van der Waals surface area contributed by atoms with Crippen LogP contribution < -0.4 is 0 Å². The summed E-state index contributed by atoms with van der Waals surface area (Å²) in [5.41, 5.74) is 2.17. The quantitative estimate of drug-likeness (QED) is 0.159. The Labute approximate surface area is 388 Å². The zero-order valence-corrected chi connectivity index (χ0v) is 33.0. The molecule has 13 rings (SSSR count). The third-order valence-corrected chi connectivity index (χ3v) is 11.7. The molecule has 0 aliphatic rings. The number of benzene rings is 10. The summed E-state index contributed by atoms with van der Waals surface area (Å²) < 4.78 is 161. The zero-order chi connectivity index (χ0) is 56.2. The second-order valence-electron chi connectivity index (χ2n) is 15.2. The highest BCUT2D eigenvalue weighted by molar-refractivity contribution is 6.17. The third kappa shape index (κ3) is 5.53. The van der Waals surface area contributed by atoms with Crippen molar-refractivity contribution in [3.63, 3.8) is 0 Å². The Morgan fingerprint density at radius 2 is 0.730 bits per heavy atom. The Bertz CT molecular complexity index is 4830. The van der Waals surface area contributed by atoms with Crippen molar-refractivity contribution < 1.29 is 23.3 Å². The van der Waals surface area contributed by atoms with E-state index in [1.807, 2.05) is 66.7 Å². The average molecular weight is 819 g/mol. The Morgan fingerprint density at radius 3 is 1.37 bits per heavy atom. The van der Waals surface area contributed by atoms with Crippen molar-refractivity contribution in [3.05, 3.63) is 236 Å². The van der Waals surface area contributed by atoms with Crippen molar-refractivity contribution in [1.82, 2.24) is 13.7 Å². The molecule has 0 saturated heterocycles. The van der Waals surface area contributed by atoms with Gasteiger partial charge in [0.05, 0.1) is 62.1 Å². The molecule has 13 aromatic rings. The lowest BCUT2D eigenvalue weighted by molar-refractivity contribution is 1.16. The van der Waals surface area contributed by atoms with Crippen LogP contribution in [0.3, 0.4) is 0 Å². The highest BCUT2D eigenvalue weighted by Gasteiger charge is 2.21. The van der Waals surface area contributed by atoms with E-state index in [2.05, 4.69) is 57.7 Å². The van der Waals surface area contributed by atoms with E-state index in [1.165, 1.54) is 0 Å². The lowest BCUT2D eigenvalue weighted by Crippen LogP contribution is -1.98. The Morgan fingerprint density at radius 1 is 0.286 bits per heavy atom. The Hall–Kier alpha value is -8.40. The van der Waals surface area contributed by atoms with Crippen LogP contribution in [0.1, 0.15) is 23.3 Å². The van der Waals surface area contributed by atoms with Crippen LogP contribution in [0, 0.1) is 0 Å². The SMILES string of the molecule is [2H]c1c([2H])c([2H])c(-c2c([2H])c([2H])c([2H])c(-c3c([2H])c(-c4c([2H])c([2H])c([2H])c([2H])c4[2H])c([2H])c(-n4c5ccccc5c5c(-n6c7ccccc7c7ccc(-n8c9ccccc9c9ccccc98)cc76)cccc54)c3[2H])c2[2H])c([2H])c1[2H]. The first kappa shape index (κ1) is 22.4. The smallest absolute Gasteiger partial charge is 0.0651 e. The van der Waals surface area contributed by atoms with Crippen LogP contribution in [0.4, 0.5) is 0 Å². The molecule has 0 saturated carbocycles. The summed E-state index contributed by atoms with van der Waals surface area (Å²) in [6.07, 6.45) is 0. The van der Waals surface area contributed by atoms with Crippen molar-refractivity contribution in [2.24, 2.45) is 0 Å². The molecule has 294 valence electrons. The van der Waals surface area contributed by atoms with Crippen molar-refractivity contribution in [2.45, 2.75) is 0 Å². The van der Waals surface area contributed by atoms with Gasteiger partial charge in [0.15, 0.2) is 0 Å². The lowest BCUT2D eigenvalue weighted by atomic mass is 9.95. The molecule has 3 aromatic heterocycles. The maximum atomic E-state index is 10.3. The molecular formula is C60H39N3. The van der Waals surface area contributed by atoms with Crippen molar-refractivity contribution in [3.8, 4) is 50.4 Å². The van der Waals surface area contributed by atoms with Gasteiger partial charge in [0.1, 0.15) is 0 Å². The lowest BCUT2D eigenvalue weighted by Gasteiger charge is -2.15. The van der Waals surface area contributed by atoms with Gasteiger partial charge in [-0.3, -0.25) is 0 Å². The predicted octanol–water partition coefficient (Wildman–Crippen LogP) is 16.0. The van der Waals surface area contributed by atoms with Gasteiger partial charge in [0, 0.05) is 43.7 Å². The number of rotatable bonds is 6. The summed E-state index contributed by atoms with van der Waals surface area (Å²) in [6, 6.07) is 30.2. The number of fused-ring (bicyclic) bond motifs is 9. The first-order valence-corrected chi connectivity index (χ1v) is 20.3. The molecule has 3 heteroatoms. The van der Waals surface area contributed by atoms with Crippen molar-refractivity contribution in [1.29, 1.82) is 0 Å². The highest BCUT2D eigenvalue weighted by atomic mass is 15.0. The van der Waals surface area contributed by atoms with Crippen molar-refractivity contribution in [2.75, 3.05) is 0 Å². The van der Waals surface area contributed by atoms with Gasteiger partial charge in [0.25, 0.3) is 0 Å². The molecule has 0 atom stereocenters. The summed E-state index contributed by atoms with van der Waals surface area (Å²) in [7, 11) is 0. The molecule has 3 nitrogen and oxygen atoms in total. The van der Waals surface area contributed by atoms with Crippen LogP contribution in [-0.2, 0) is 0 Å². The molecule has 0 amide bonds. The second-order valence-corrected chi connectivity index (χ2v) is 15.2. The van der Waals surface area contributed by atoms with Gasteiger partial charge in [-0.2, -0.15) is 0 Å². The average Bonchev–Trinajstić information content (AvgIpc) is 4.11. The third-order valence-electron chi connectivity index (χ3n) is 11.7. The normalized spacial score (nSPS) is 15.6. The minimum atomic E-state index is -0.883. The van der Waals surface area contributed by atoms with Gasteiger partial charge in [-0.05, 0) is 106 Å². The summed E-state index contributed by atoms with van der Waals surface area (Å²) in [6.45, 7) is 0. The van der Waals surface area contributed by atoms with Crippen molar-refractivity contribution >= 4 is 65.4 Å². The number of nitrogens with zero attached hydrogens (tertiary/aromatic N) is 3. The van der Waals surface area contributed by atoms with Crippen LogP contribution in [0.15, 0.2) is 236 Å². The van der Waals surface area contributed by atoms with E-state index in [9.17, 15) is 6.85 Å². The molecule has 0 bridgehead atoms. The van der Waals surface area contributed by atoms with E-state index >= 15 is 0 Å². The fraction of sp³-hybridized carbons (Fsp3) is 0. The topological polar surface area (TPSA) is 14.8 Å². The molecule has 0 fully saturated rings. The minimum Gasteiger partial charge on any atom is -0.309 e. The van der Waals surface area contributed by atoms with Gasteiger partial charge in [-0.1, -0.05) is 163 Å². The van der Waals surface area contributed by atoms with E-state index in [0.717, 1.165) is 49.3 Å². The maximum Gasteiger partial charge on any atom is 0.0651 e. The second kappa shape index (κ2) is 14.1. The van der Waals surface area contributed by atoms with Gasteiger partial charge < -0.3 is 13.7 Å². The molecule has 3 heterocycles. The van der Waals surface area contributed by atoms with Gasteiger partial charge >= 0.3 is 0 Å². The molecule has 0 radical (unpaired) electrons. The molecule has 63 heavy (non-hydrogen) atoms. The molecule has 0 aliphatic carbocycles. The van der Waals surface area contributed by atoms with E-state index in [1.54, 1.807) is 22.8 Å². The van der Waals surface area contributed by atoms with E-state index in [4.69, 9.17) is 16.4 Å². The zero-order valence-electron chi connectivity index (χ0n) is 50.0. The molecule has 0 aliphatic heterocycles. The van der Waals surface area contributed by atoms with Gasteiger partial charge in [0.2, 0.25) is 0 Å². The fourth-order valence-corrected chi connectivity index (χ4v) is 9.15. The first-order valence-electron chi connectivity index (χ1n) is 28.8. The minimum absolute atomic E-state index is 0.304. The van der Waals surface area contributed by atoms with Crippen LogP contribution in [0.2, 0.25) is 0 Å². The summed E-state index contributed by atoms with van der Waals surface area (Å²) in [4.78, 5) is 0. The summed E-state index contributed by atoms with van der Waals surface area (Å²) in [5.74, 6) is 0. The Kier molecular flexibility index (Phi) is 5.02. The first-order chi connectivity index (χ1) is 38.4. The van der Waals surface area contributed by atoms with Gasteiger partial charge in [-0.15, -0.1) is 0 Å². The number of para-hydroxylation sites is 4. The number of hydrogen-bond acceptors (Lipinski definition) is 0. The summed E-state index contributed by atoms with van der Waals surface area (Å²) in [5, 5.41) is 5.40. The summed E-state index contributed by atoms with van der Waals surface area (Å²) >= 11 is 0. The predicted molar refractivity (Wildman–Crippen MR) is 266 cm³/mol. The molecule has 0 spiro atoms.